The van der Waals surface area contributed by atoms with Crippen molar-refractivity contribution in [2.45, 2.75) is 26.0 Å². The number of nitrogens with one attached hydrogen (secondary N) is 1. The van der Waals surface area contributed by atoms with Crippen molar-refractivity contribution >= 4 is 32.2 Å². The fraction of sp³-hybridized carbons (Fsp3) is 0.556. The van der Waals surface area contributed by atoms with Crippen LogP contribution in [0.15, 0.2) is 6.20 Å². The van der Waals surface area contributed by atoms with Crippen molar-refractivity contribution in [2.24, 2.45) is 0 Å². The Balaban J connectivity index is 2.62. The van der Waals surface area contributed by atoms with Gasteiger partial charge in [0.1, 0.15) is 5.75 Å². The summed E-state index contributed by atoms with van der Waals surface area (Å²) in [5, 5.41) is 2.35. The molecule has 7 heteroatoms. The molecule has 1 amide bonds. The minimum atomic E-state index is -3.35. The lowest BCUT2D eigenvalue weighted by molar-refractivity contribution is -0.113. The van der Waals surface area contributed by atoms with Crippen molar-refractivity contribution < 1.29 is 13.2 Å². The summed E-state index contributed by atoms with van der Waals surface area (Å²) in [7, 11) is -3.35. The molecule has 0 fully saturated rings. The van der Waals surface area contributed by atoms with E-state index in [4.69, 9.17) is 0 Å². The molecule has 1 aromatic heterocycles. The SMILES string of the molecule is Cc1cnc(NC(=O)CS(=O)(=O)C(C)C)s1. The Labute approximate surface area is 98.8 Å². The zero-order valence-corrected chi connectivity index (χ0v) is 11.0. The van der Waals surface area contributed by atoms with E-state index in [1.807, 2.05) is 6.92 Å². The van der Waals surface area contributed by atoms with Gasteiger partial charge in [0.25, 0.3) is 0 Å². The maximum absolute atomic E-state index is 11.5. The summed E-state index contributed by atoms with van der Waals surface area (Å²) in [5.41, 5.74) is 0. The highest BCUT2D eigenvalue weighted by Crippen LogP contribution is 2.16. The summed E-state index contributed by atoms with van der Waals surface area (Å²) in [5.74, 6) is -1.04. The van der Waals surface area contributed by atoms with Crippen molar-refractivity contribution in [2.75, 3.05) is 11.1 Å². The van der Waals surface area contributed by atoms with Crippen LogP contribution in [0.1, 0.15) is 18.7 Å². The zero-order chi connectivity index (χ0) is 12.3. The molecule has 0 spiro atoms. The molecule has 1 rings (SSSR count). The summed E-state index contributed by atoms with van der Waals surface area (Å²) in [6, 6.07) is 0. The molecule has 1 aromatic rings. The van der Waals surface area contributed by atoms with Crippen molar-refractivity contribution in [3.8, 4) is 0 Å². The summed E-state index contributed by atoms with van der Waals surface area (Å²) in [4.78, 5) is 16.3. The topological polar surface area (TPSA) is 76.1 Å². The lowest BCUT2D eigenvalue weighted by atomic mass is 10.6. The average molecular weight is 262 g/mol. The van der Waals surface area contributed by atoms with E-state index in [1.54, 1.807) is 20.0 Å². The standard InChI is InChI=1S/C9H14N2O3S2/c1-6(2)16(13,14)5-8(12)11-9-10-4-7(3)15-9/h4,6H,5H2,1-3H3,(H,10,11,12). The second kappa shape index (κ2) is 4.92. The van der Waals surface area contributed by atoms with Crippen LogP contribution in [0, 0.1) is 6.92 Å². The second-order valence-electron chi connectivity index (χ2n) is 3.68. The molecular formula is C9H14N2O3S2. The van der Waals surface area contributed by atoms with Gasteiger partial charge in [0.15, 0.2) is 15.0 Å². The molecule has 0 saturated carbocycles. The van der Waals surface area contributed by atoms with Gasteiger partial charge in [0.05, 0.1) is 5.25 Å². The first-order chi connectivity index (χ1) is 7.31. The number of anilines is 1. The summed E-state index contributed by atoms with van der Waals surface area (Å²) in [6.07, 6.45) is 1.62. The van der Waals surface area contributed by atoms with E-state index in [9.17, 15) is 13.2 Å². The van der Waals surface area contributed by atoms with Crippen molar-refractivity contribution in [3.63, 3.8) is 0 Å². The summed E-state index contributed by atoms with van der Waals surface area (Å²) >= 11 is 1.31. The largest absolute Gasteiger partial charge is 0.301 e. The van der Waals surface area contributed by atoms with E-state index >= 15 is 0 Å². The van der Waals surface area contributed by atoms with Gasteiger partial charge in [-0.2, -0.15) is 0 Å². The van der Waals surface area contributed by atoms with Crippen LogP contribution in [0.25, 0.3) is 0 Å². The van der Waals surface area contributed by atoms with Crippen LogP contribution in [-0.4, -0.2) is 30.3 Å². The Morgan fingerprint density at radius 3 is 2.62 bits per heavy atom. The minimum absolute atomic E-state index is 0.432. The molecule has 90 valence electrons. The average Bonchev–Trinajstić information content (AvgIpc) is 2.49. The molecule has 16 heavy (non-hydrogen) atoms. The number of amides is 1. The first-order valence-electron chi connectivity index (χ1n) is 4.75. The Morgan fingerprint density at radius 2 is 2.19 bits per heavy atom. The van der Waals surface area contributed by atoms with Crippen LogP contribution in [0.2, 0.25) is 0 Å². The zero-order valence-electron chi connectivity index (χ0n) is 9.35. The first-order valence-corrected chi connectivity index (χ1v) is 7.28. The normalized spacial score (nSPS) is 11.8. The predicted molar refractivity (Wildman–Crippen MR) is 64.4 cm³/mol. The number of hydrogen-bond donors (Lipinski definition) is 1. The molecule has 1 N–H and O–H groups in total. The van der Waals surface area contributed by atoms with Crippen LogP contribution in [0.3, 0.4) is 0 Å². The molecule has 0 bridgehead atoms. The number of aromatic nitrogens is 1. The molecule has 5 nitrogen and oxygen atoms in total. The fourth-order valence-electron chi connectivity index (χ4n) is 0.917. The van der Waals surface area contributed by atoms with E-state index < -0.39 is 26.7 Å². The van der Waals surface area contributed by atoms with Crippen molar-refractivity contribution in [1.29, 1.82) is 0 Å². The van der Waals surface area contributed by atoms with Gasteiger partial charge in [-0.3, -0.25) is 4.79 Å². The number of aryl methyl sites for hydroxylation is 1. The third-order valence-corrected chi connectivity index (χ3v) is 4.85. The third-order valence-electron chi connectivity index (χ3n) is 1.92. The lowest BCUT2D eigenvalue weighted by Crippen LogP contribution is -2.27. The van der Waals surface area contributed by atoms with E-state index in [-0.39, 0.29) is 0 Å². The van der Waals surface area contributed by atoms with Crippen molar-refractivity contribution in [3.05, 3.63) is 11.1 Å². The molecule has 1 heterocycles. The Morgan fingerprint density at radius 1 is 1.56 bits per heavy atom. The fourth-order valence-corrected chi connectivity index (χ4v) is 2.37. The number of sulfone groups is 1. The number of carbonyl (C=O) groups is 1. The van der Waals surface area contributed by atoms with Crippen LogP contribution in [0.4, 0.5) is 5.13 Å². The molecule has 0 atom stereocenters. The molecular weight excluding hydrogens is 248 g/mol. The number of rotatable bonds is 4. The number of thiazole rings is 1. The predicted octanol–water partition coefficient (Wildman–Crippen LogP) is 1.21. The van der Waals surface area contributed by atoms with Gasteiger partial charge in [0.2, 0.25) is 5.91 Å². The van der Waals surface area contributed by atoms with Crippen molar-refractivity contribution in [1.82, 2.24) is 4.98 Å². The van der Waals surface area contributed by atoms with Crippen LogP contribution >= 0.6 is 11.3 Å². The van der Waals surface area contributed by atoms with E-state index in [0.717, 1.165) is 4.88 Å². The van der Waals surface area contributed by atoms with Gasteiger partial charge in [0, 0.05) is 11.1 Å². The quantitative estimate of drug-likeness (QED) is 0.885. The highest BCUT2D eigenvalue weighted by molar-refractivity contribution is 7.92. The maximum atomic E-state index is 11.5. The minimum Gasteiger partial charge on any atom is -0.301 e. The van der Waals surface area contributed by atoms with Crippen LogP contribution in [-0.2, 0) is 14.6 Å². The summed E-state index contributed by atoms with van der Waals surface area (Å²) < 4.78 is 22.9. The highest BCUT2D eigenvalue weighted by Gasteiger charge is 2.21. The summed E-state index contributed by atoms with van der Waals surface area (Å²) in [6.45, 7) is 4.96. The Bertz CT molecular complexity index is 477. The molecule has 0 aliphatic heterocycles. The van der Waals surface area contributed by atoms with Gasteiger partial charge in [-0.25, -0.2) is 13.4 Å². The van der Waals surface area contributed by atoms with E-state index in [0.29, 0.717) is 5.13 Å². The lowest BCUT2D eigenvalue weighted by Gasteiger charge is -2.06. The van der Waals surface area contributed by atoms with Gasteiger partial charge < -0.3 is 5.32 Å². The Kier molecular flexibility index (Phi) is 4.03. The van der Waals surface area contributed by atoms with E-state index in [1.165, 1.54) is 11.3 Å². The van der Waals surface area contributed by atoms with Crippen LogP contribution < -0.4 is 5.32 Å². The molecule has 0 unspecified atom stereocenters. The van der Waals surface area contributed by atoms with Gasteiger partial charge in [-0.15, -0.1) is 11.3 Å². The molecule has 0 aliphatic rings. The smallest absolute Gasteiger partial charge is 0.241 e. The molecule has 0 aromatic carbocycles. The maximum Gasteiger partial charge on any atom is 0.241 e. The highest BCUT2D eigenvalue weighted by atomic mass is 32.2. The molecule has 0 aliphatic carbocycles. The first kappa shape index (κ1) is 13.1. The van der Waals surface area contributed by atoms with Gasteiger partial charge in [-0.05, 0) is 20.8 Å². The number of nitrogens with zero attached hydrogens (tertiary/aromatic N) is 1. The third kappa shape index (κ3) is 3.57. The van der Waals surface area contributed by atoms with Gasteiger partial charge in [-0.1, -0.05) is 0 Å². The Hall–Kier alpha value is -0.950. The second-order valence-corrected chi connectivity index (χ2v) is 7.47. The van der Waals surface area contributed by atoms with Crippen LogP contribution in [0.5, 0.6) is 0 Å². The number of carbonyl (C=O) groups excluding carboxylic acids is 1. The number of hydrogen-bond acceptors (Lipinski definition) is 5. The van der Waals surface area contributed by atoms with Gasteiger partial charge >= 0.3 is 0 Å². The molecule has 0 radical (unpaired) electrons. The molecule has 0 saturated heterocycles. The van der Waals surface area contributed by atoms with E-state index in [2.05, 4.69) is 10.3 Å². The monoisotopic (exact) mass is 262 g/mol.